The van der Waals surface area contributed by atoms with Crippen LogP contribution in [-0.2, 0) is 6.42 Å². The number of rotatable bonds is 3. The van der Waals surface area contributed by atoms with Crippen molar-refractivity contribution in [3.05, 3.63) is 64.1 Å². The lowest BCUT2D eigenvalue weighted by Crippen LogP contribution is -2.08. The van der Waals surface area contributed by atoms with Crippen molar-refractivity contribution < 1.29 is 9.90 Å². The second kappa shape index (κ2) is 6.96. The van der Waals surface area contributed by atoms with E-state index in [0.29, 0.717) is 0 Å². The highest BCUT2D eigenvalue weighted by Crippen LogP contribution is 2.34. The molecule has 0 atom stereocenters. The average molecular weight is 412 g/mol. The molecule has 1 aromatic heterocycles. The summed E-state index contributed by atoms with van der Waals surface area (Å²) in [5.74, 6) is 0.0224. The normalized spacial score (nSPS) is 13.6. The molecule has 1 aliphatic rings. The van der Waals surface area contributed by atoms with Crippen LogP contribution >= 0.6 is 15.9 Å². The minimum atomic E-state index is -0.939. The highest BCUT2D eigenvalue weighted by molar-refractivity contribution is 9.10. The number of nitrogens with one attached hydrogen (secondary N) is 1. The first-order valence-corrected chi connectivity index (χ1v) is 9.38. The summed E-state index contributed by atoms with van der Waals surface area (Å²) in [4.78, 5) is 11.3. The lowest BCUT2D eigenvalue weighted by atomic mass is 10.0. The number of aromatic carboxylic acids is 1. The summed E-state index contributed by atoms with van der Waals surface area (Å²) in [5.41, 5.74) is 4.19. The van der Waals surface area contributed by atoms with Gasteiger partial charge in [0.2, 0.25) is 0 Å². The van der Waals surface area contributed by atoms with Crippen molar-refractivity contribution in [3.63, 3.8) is 0 Å². The van der Waals surface area contributed by atoms with E-state index in [1.54, 1.807) is 18.2 Å². The summed E-state index contributed by atoms with van der Waals surface area (Å²) in [6, 6.07) is 15.0. The number of halogens is 1. The molecule has 0 saturated heterocycles. The number of nitrogens with zero attached hydrogens (tertiary/aromatic N) is 2. The van der Waals surface area contributed by atoms with Gasteiger partial charge in [0.25, 0.3) is 0 Å². The molecule has 6 heteroatoms. The topological polar surface area (TPSA) is 67.1 Å². The van der Waals surface area contributed by atoms with Gasteiger partial charge in [0.1, 0.15) is 5.82 Å². The number of carboxylic acids is 1. The third kappa shape index (κ3) is 3.12. The highest BCUT2D eigenvalue weighted by Gasteiger charge is 2.22. The largest absolute Gasteiger partial charge is 0.478 e. The molecule has 0 aliphatic carbocycles. The van der Waals surface area contributed by atoms with Crippen molar-refractivity contribution in [2.45, 2.75) is 19.3 Å². The second-order valence-corrected chi connectivity index (χ2v) is 7.25. The van der Waals surface area contributed by atoms with E-state index in [4.69, 9.17) is 5.10 Å². The Kier molecular flexibility index (Phi) is 4.51. The van der Waals surface area contributed by atoms with Gasteiger partial charge in [-0.25, -0.2) is 9.48 Å². The second-order valence-electron chi connectivity index (χ2n) is 6.33. The predicted octanol–water partition coefficient (Wildman–Crippen LogP) is 4.75. The maximum Gasteiger partial charge on any atom is 0.335 e. The van der Waals surface area contributed by atoms with Gasteiger partial charge in [-0.05, 0) is 49.6 Å². The molecule has 4 rings (SSSR count). The van der Waals surface area contributed by atoms with Gasteiger partial charge in [-0.15, -0.1) is 0 Å². The number of carbonyl (C=O) groups is 1. The zero-order valence-electron chi connectivity index (χ0n) is 14.1. The maximum atomic E-state index is 11.3. The summed E-state index contributed by atoms with van der Waals surface area (Å²) in [6.45, 7) is 0.886. The van der Waals surface area contributed by atoms with E-state index in [1.165, 1.54) is 5.56 Å². The Morgan fingerprint density at radius 2 is 1.96 bits per heavy atom. The van der Waals surface area contributed by atoms with Crippen LogP contribution in [0.4, 0.5) is 5.82 Å². The van der Waals surface area contributed by atoms with E-state index >= 15 is 0 Å². The van der Waals surface area contributed by atoms with Crippen LogP contribution in [0.2, 0.25) is 0 Å². The van der Waals surface area contributed by atoms with Crippen LogP contribution in [0.1, 0.15) is 28.8 Å². The van der Waals surface area contributed by atoms with Crippen molar-refractivity contribution in [3.8, 4) is 16.9 Å². The van der Waals surface area contributed by atoms with E-state index in [2.05, 4.69) is 33.4 Å². The zero-order valence-corrected chi connectivity index (χ0v) is 15.7. The van der Waals surface area contributed by atoms with Gasteiger partial charge < -0.3 is 10.4 Å². The first-order chi connectivity index (χ1) is 12.6. The highest BCUT2D eigenvalue weighted by atomic mass is 79.9. The van der Waals surface area contributed by atoms with Crippen molar-refractivity contribution in [2.75, 3.05) is 11.9 Å². The molecule has 0 amide bonds. The number of hydrogen-bond acceptors (Lipinski definition) is 3. The van der Waals surface area contributed by atoms with Crippen LogP contribution in [0.3, 0.4) is 0 Å². The van der Waals surface area contributed by atoms with Crippen LogP contribution in [-0.4, -0.2) is 27.4 Å². The van der Waals surface area contributed by atoms with Crippen LogP contribution in [0.15, 0.2) is 53.0 Å². The number of anilines is 1. The van der Waals surface area contributed by atoms with Crippen molar-refractivity contribution in [2.24, 2.45) is 0 Å². The van der Waals surface area contributed by atoms with Crippen molar-refractivity contribution >= 4 is 27.7 Å². The Labute approximate surface area is 159 Å². The summed E-state index contributed by atoms with van der Waals surface area (Å²) in [7, 11) is 0. The van der Waals surface area contributed by atoms with Crippen LogP contribution < -0.4 is 5.32 Å². The van der Waals surface area contributed by atoms with E-state index in [-0.39, 0.29) is 5.56 Å². The van der Waals surface area contributed by atoms with Gasteiger partial charge in [-0.3, -0.25) is 0 Å². The molecule has 5 nitrogen and oxygen atoms in total. The maximum absolute atomic E-state index is 11.3. The molecular formula is C20H18BrN3O2. The van der Waals surface area contributed by atoms with Gasteiger partial charge in [0, 0.05) is 22.1 Å². The molecule has 132 valence electrons. The van der Waals surface area contributed by atoms with Crippen molar-refractivity contribution in [1.29, 1.82) is 0 Å². The Morgan fingerprint density at radius 3 is 2.73 bits per heavy atom. The first kappa shape index (κ1) is 16.8. The summed E-state index contributed by atoms with van der Waals surface area (Å²) in [6.07, 6.45) is 3.15. The number of benzene rings is 2. The molecule has 0 spiro atoms. The van der Waals surface area contributed by atoms with E-state index in [9.17, 15) is 9.90 Å². The fourth-order valence-corrected chi connectivity index (χ4v) is 3.56. The number of hydrogen-bond donors (Lipinski definition) is 2. The fraction of sp³-hybridized carbons (Fsp3) is 0.200. The SMILES string of the molecule is O=C(O)c1cccc(-n2nc(-c3ccc(Br)cc3)c3c2NCCCC3)c1. The molecule has 0 bridgehead atoms. The Morgan fingerprint density at radius 1 is 1.15 bits per heavy atom. The Balaban J connectivity index is 1.89. The van der Waals surface area contributed by atoms with Crippen LogP contribution in [0.25, 0.3) is 16.9 Å². The predicted molar refractivity (Wildman–Crippen MR) is 105 cm³/mol. The molecule has 0 unspecified atom stereocenters. The number of aromatic nitrogens is 2. The van der Waals surface area contributed by atoms with E-state index in [0.717, 1.165) is 53.0 Å². The number of carboxylic acid groups (broad SMARTS) is 1. The standard InChI is InChI=1S/C20H18BrN3O2/c21-15-9-7-13(8-10-15)18-17-6-1-2-11-22-19(17)24(23-18)16-5-3-4-14(12-16)20(25)26/h3-5,7-10,12,22H,1-2,6,11H2,(H,25,26). The summed E-state index contributed by atoms with van der Waals surface area (Å²) in [5, 5.41) is 17.6. The van der Waals surface area contributed by atoms with Gasteiger partial charge in [0.05, 0.1) is 16.9 Å². The summed E-state index contributed by atoms with van der Waals surface area (Å²) < 4.78 is 2.86. The smallest absolute Gasteiger partial charge is 0.335 e. The molecule has 0 radical (unpaired) electrons. The van der Waals surface area contributed by atoms with Gasteiger partial charge in [-0.2, -0.15) is 5.10 Å². The molecule has 26 heavy (non-hydrogen) atoms. The van der Waals surface area contributed by atoms with Crippen LogP contribution in [0, 0.1) is 0 Å². The lowest BCUT2D eigenvalue weighted by Gasteiger charge is -2.09. The third-order valence-corrected chi connectivity index (χ3v) is 5.11. The van der Waals surface area contributed by atoms with E-state index < -0.39 is 5.97 Å². The van der Waals surface area contributed by atoms with Gasteiger partial charge in [-0.1, -0.05) is 34.1 Å². The zero-order chi connectivity index (χ0) is 18.1. The van der Waals surface area contributed by atoms with Gasteiger partial charge in [0.15, 0.2) is 0 Å². The van der Waals surface area contributed by atoms with Crippen molar-refractivity contribution in [1.82, 2.24) is 9.78 Å². The fourth-order valence-electron chi connectivity index (χ4n) is 3.30. The number of fused-ring (bicyclic) bond motifs is 1. The molecule has 1 aliphatic heterocycles. The monoisotopic (exact) mass is 411 g/mol. The molecule has 2 aromatic carbocycles. The van der Waals surface area contributed by atoms with Crippen LogP contribution in [0.5, 0.6) is 0 Å². The van der Waals surface area contributed by atoms with Gasteiger partial charge >= 0.3 is 5.97 Å². The molecular weight excluding hydrogens is 394 g/mol. The van der Waals surface area contributed by atoms with E-state index in [1.807, 2.05) is 22.9 Å². The lowest BCUT2D eigenvalue weighted by molar-refractivity contribution is 0.0697. The molecule has 2 N–H and O–H groups in total. The molecule has 2 heterocycles. The minimum absolute atomic E-state index is 0.255. The minimum Gasteiger partial charge on any atom is -0.478 e. The first-order valence-electron chi connectivity index (χ1n) is 8.59. The Bertz CT molecular complexity index is 964. The third-order valence-electron chi connectivity index (χ3n) is 4.58. The molecule has 0 fully saturated rings. The summed E-state index contributed by atoms with van der Waals surface area (Å²) >= 11 is 3.48. The Hall–Kier alpha value is -2.60. The molecule has 0 saturated carbocycles. The average Bonchev–Trinajstić information content (AvgIpc) is 2.84. The molecule has 3 aromatic rings. The quantitative estimate of drug-likeness (QED) is 0.652.